The van der Waals surface area contributed by atoms with Crippen molar-refractivity contribution in [1.82, 2.24) is 4.90 Å². The fourth-order valence-corrected chi connectivity index (χ4v) is 4.87. The smallest absolute Gasteiger partial charge is 0.0951 e. The molecule has 0 unspecified atom stereocenters. The molecule has 1 saturated carbocycles. The van der Waals surface area contributed by atoms with Crippen LogP contribution in [-0.2, 0) is 12.1 Å². The third-order valence-electron chi connectivity index (χ3n) is 6.09. The zero-order valence-electron chi connectivity index (χ0n) is 14.3. The molecule has 0 spiro atoms. The first-order valence-corrected chi connectivity index (χ1v) is 9.33. The predicted octanol–water partition coefficient (Wildman–Crippen LogP) is 4.34. The molecule has 2 heteroatoms. The van der Waals surface area contributed by atoms with Crippen LogP contribution in [-0.4, -0.2) is 22.6 Å². The molecule has 0 amide bonds. The van der Waals surface area contributed by atoms with Crippen molar-refractivity contribution in [3.8, 4) is 0 Å². The van der Waals surface area contributed by atoms with Gasteiger partial charge in [0, 0.05) is 25.0 Å². The number of hydrogen-bond donors (Lipinski definition) is 1. The SMILES string of the molecule is O[C@@]1(c2ccccc2)CCN(Cc2ccccc2)[C@@H]2CCCC[C@@H]21. The lowest BCUT2D eigenvalue weighted by atomic mass is 9.66. The van der Waals surface area contributed by atoms with Crippen molar-refractivity contribution in [1.29, 1.82) is 0 Å². The first kappa shape index (κ1) is 15.9. The second-order valence-electron chi connectivity index (χ2n) is 7.45. The maximum absolute atomic E-state index is 11.6. The van der Waals surface area contributed by atoms with Crippen molar-refractivity contribution in [2.45, 2.75) is 50.3 Å². The highest BCUT2D eigenvalue weighted by Crippen LogP contribution is 2.47. The van der Waals surface area contributed by atoms with E-state index >= 15 is 0 Å². The van der Waals surface area contributed by atoms with Crippen LogP contribution < -0.4 is 0 Å². The molecule has 2 aromatic rings. The van der Waals surface area contributed by atoms with Gasteiger partial charge < -0.3 is 5.11 Å². The number of benzene rings is 2. The van der Waals surface area contributed by atoms with Crippen LogP contribution in [0, 0.1) is 5.92 Å². The lowest BCUT2D eigenvalue weighted by molar-refractivity contribution is -0.123. The summed E-state index contributed by atoms with van der Waals surface area (Å²) in [6.07, 6.45) is 5.73. The first-order chi connectivity index (χ1) is 11.8. The number of piperidine rings is 1. The van der Waals surface area contributed by atoms with E-state index in [0.717, 1.165) is 31.5 Å². The average Bonchev–Trinajstić information content (AvgIpc) is 2.66. The third-order valence-corrected chi connectivity index (χ3v) is 6.09. The number of rotatable bonds is 3. The van der Waals surface area contributed by atoms with Gasteiger partial charge in [-0.3, -0.25) is 4.90 Å². The van der Waals surface area contributed by atoms with E-state index in [2.05, 4.69) is 59.5 Å². The summed E-state index contributed by atoms with van der Waals surface area (Å²) in [6.45, 7) is 1.98. The molecule has 1 N–H and O–H groups in total. The van der Waals surface area contributed by atoms with E-state index in [1.165, 1.54) is 24.8 Å². The Labute approximate surface area is 145 Å². The largest absolute Gasteiger partial charge is 0.385 e. The Morgan fingerprint density at radius 3 is 2.33 bits per heavy atom. The van der Waals surface area contributed by atoms with Gasteiger partial charge in [-0.25, -0.2) is 0 Å². The van der Waals surface area contributed by atoms with Crippen molar-refractivity contribution < 1.29 is 5.11 Å². The number of hydrogen-bond acceptors (Lipinski definition) is 2. The topological polar surface area (TPSA) is 23.5 Å². The number of likely N-dealkylation sites (tertiary alicyclic amines) is 1. The van der Waals surface area contributed by atoms with Crippen molar-refractivity contribution in [2.75, 3.05) is 6.54 Å². The molecule has 126 valence electrons. The van der Waals surface area contributed by atoms with Crippen molar-refractivity contribution in [2.24, 2.45) is 5.92 Å². The van der Waals surface area contributed by atoms with Gasteiger partial charge in [-0.1, -0.05) is 73.5 Å². The van der Waals surface area contributed by atoms with E-state index in [0.29, 0.717) is 12.0 Å². The minimum atomic E-state index is -0.653. The van der Waals surface area contributed by atoms with E-state index in [1.807, 2.05) is 6.07 Å². The first-order valence-electron chi connectivity index (χ1n) is 9.33. The molecule has 24 heavy (non-hydrogen) atoms. The number of aliphatic hydroxyl groups is 1. The second kappa shape index (κ2) is 6.70. The minimum Gasteiger partial charge on any atom is -0.385 e. The van der Waals surface area contributed by atoms with E-state index in [4.69, 9.17) is 0 Å². The van der Waals surface area contributed by atoms with E-state index in [9.17, 15) is 5.11 Å². The summed E-state index contributed by atoms with van der Waals surface area (Å²) in [5.74, 6) is 0.353. The zero-order chi connectivity index (χ0) is 16.4. The van der Waals surface area contributed by atoms with Crippen molar-refractivity contribution >= 4 is 0 Å². The molecule has 4 rings (SSSR count). The van der Waals surface area contributed by atoms with Crippen molar-refractivity contribution in [3.05, 3.63) is 71.8 Å². The lowest BCUT2D eigenvalue weighted by Crippen LogP contribution is -2.57. The van der Waals surface area contributed by atoms with Crippen LogP contribution in [0.2, 0.25) is 0 Å². The van der Waals surface area contributed by atoms with Gasteiger partial charge in [0.25, 0.3) is 0 Å². The summed E-state index contributed by atoms with van der Waals surface area (Å²) in [4.78, 5) is 2.62. The summed E-state index contributed by atoms with van der Waals surface area (Å²) in [7, 11) is 0. The molecule has 2 fully saturated rings. The molecule has 1 heterocycles. The minimum absolute atomic E-state index is 0.353. The van der Waals surface area contributed by atoms with E-state index < -0.39 is 5.60 Å². The second-order valence-corrected chi connectivity index (χ2v) is 7.45. The van der Waals surface area contributed by atoms with Crippen LogP contribution in [0.4, 0.5) is 0 Å². The van der Waals surface area contributed by atoms with Gasteiger partial charge in [0.2, 0.25) is 0 Å². The highest BCUT2D eigenvalue weighted by atomic mass is 16.3. The Morgan fingerprint density at radius 2 is 1.58 bits per heavy atom. The summed E-state index contributed by atoms with van der Waals surface area (Å²) in [5, 5.41) is 11.6. The summed E-state index contributed by atoms with van der Waals surface area (Å²) in [5.41, 5.74) is 1.84. The molecule has 1 aliphatic carbocycles. The molecule has 0 radical (unpaired) electrons. The van der Waals surface area contributed by atoms with Gasteiger partial charge in [0.15, 0.2) is 0 Å². The van der Waals surface area contributed by atoms with Gasteiger partial charge in [0.05, 0.1) is 5.60 Å². The maximum Gasteiger partial charge on any atom is 0.0951 e. The van der Waals surface area contributed by atoms with E-state index in [1.54, 1.807) is 0 Å². The Kier molecular flexibility index (Phi) is 4.43. The predicted molar refractivity (Wildman–Crippen MR) is 97.6 cm³/mol. The highest BCUT2D eigenvalue weighted by Gasteiger charge is 2.48. The average molecular weight is 321 g/mol. The summed E-state index contributed by atoms with van der Waals surface area (Å²) >= 11 is 0. The normalized spacial score (nSPS) is 30.7. The molecule has 1 saturated heterocycles. The maximum atomic E-state index is 11.6. The third kappa shape index (κ3) is 2.89. The fraction of sp³-hybridized carbons (Fsp3) is 0.455. The van der Waals surface area contributed by atoms with Crippen LogP contribution in [0.3, 0.4) is 0 Å². The van der Waals surface area contributed by atoms with E-state index in [-0.39, 0.29) is 0 Å². The van der Waals surface area contributed by atoms with Gasteiger partial charge in [-0.15, -0.1) is 0 Å². The molecule has 0 aromatic heterocycles. The number of fused-ring (bicyclic) bond motifs is 1. The molecule has 1 aliphatic heterocycles. The van der Waals surface area contributed by atoms with Gasteiger partial charge >= 0.3 is 0 Å². The quantitative estimate of drug-likeness (QED) is 0.909. The standard InChI is InChI=1S/C22H27NO/c24-22(19-11-5-2-6-12-19)15-16-23(17-18-9-3-1-4-10-18)21-14-8-7-13-20(21)22/h1-6,9-12,20-21,24H,7-8,13-17H2/t20-,21+,22+/m0/s1. The van der Waals surface area contributed by atoms with Crippen molar-refractivity contribution in [3.63, 3.8) is 0 Å². The van der Waals surface area contributed by atoms with Crippen LogP contribution >= 0.6 is 0 Å². The molecular weight excluding hydrogens is 294 g/mol. The molecule has 0 bridgehead atoms. The lowest BCUT2D eigenvalue weighted by Gasteiger charge is -2.52. The summed E-state index contributed by atoms with van der Waals surface area (Å²) in [6, 6.07) is 21.6. The Morgan fingerprint density at radius 1 is 0.917 bits per heavy atom. The summed E-state index contributed by atoms with van der Waals surface area (Å²) < 4.78 is 0. The molecular formula is C22H27NO. The van der Waals surface area contributed by atoms with Crippen LogP contribution in [0.15, 0.2) is 60.7 Å². The fourth-order valence-electron chi connectivity index (χ4n) is 4.87. The molecule has 3 atom stereocenters. The molecule has 2 aromatic carbocycles. The molecule has 2 aliphatic rings. The Hall–Kier alpha value is -1.64. The molecule has 2 nitrogen and oxygen atoms in total. The van der Waals surface area contributed by atoms with Crippen LogP contribution in [0.5, 0.6) is 0 Å². The Bertz CT molecular complexity index is 656. The van der Waals surface area contributed by atoms with Crippen LogP contribution in [0.25, 0.3) is 0 Å². The van der Waals surface area contributed by atoms with Gasteiger partial charge in [-0.2, -0.15) is 0 Å². The van der Waals surface area contributed by atoms with Crippen LogP contribution in [0.1, 0.15) is 43.2 Å². The highest BCUT2D eigenvalue weighted by molar-refractivity contribution is 5.26. The Balaban J connectivity index is 1.60. The van der Waals surface area contributed by atoms with Gasteiger partial charge in [0.1, 0.15) is 0 Å². The van der Waals surface area contributed by atoms with Gasteiger partial charge in [-0.05, 0) is 30.4 Å². The number of nitrogens with zero attached hydrogens (tertiary/aromatic N) is 1. The monoisotopic (exact) mass is 321 g/mol. The zero-order valence-corrected chi connectivity index (χ0v) is 14.3.